The van der Waals surface area contributed by atoms with Gasteiger partial charge in [-0.3, -0.25) is 14.0 Å². The predicted molar refractivity (Wildman–Crippen MR) is 75.7 cm³/mol. The fraction of sp³-hybridized carbons (Fsp3) is 0.250. The van der Waals surface area contributed by atoms with E-state index in [0.717, 1.165) is 11.3 Å². The largest absolute Gasteiger partial charge is 0.477 e. The highest BCUT2D eigenvalue weighted by Crippen LogP contribution is 2.26. The summed E-state index contributed by atoms with van der Waals surface area (Å²) >= 11 is 1.01. The zero-order chi connectivity index (χ0) is 15.1. The molecule has 21 heavy (non-hydrogen) atoms. The maximum Gasteiger partial charge on any atom is 0.346 e. The average Bonchev–Trinajstić information content (AvgIpc) is 2.98. The van der Waals surface area contributed by atoms with Gasteiger partial charge in [0.05, 0.1) is 18.3 Å². The Morgan fingerprint density at radius 3 is 2.81 bits per heavy atom. The fourth-order valence-electron chi connectivity index (χ4n) is 2.09. The summed E-state index contributed by atoms with van der Waals surface area (Å²) in [7, 11) is 1.73. The number of hydrogen-bond acceptors (Lipinski definition) is 6. The van der Waals surface area contributed by atoms with Crippen LogP contribution in [0.1, 0.15) is 21.1 Å². The predicted octanol–water partition coefficient (Wildman–Crippen LogP) is 0.641. The molecule has 0 unspecified atom stereocenters. The summed E-state index contributed by atoms with van der Waals surface area (Å²) < 4.78 is 2.97. The van der Waals surface area contributed by atoms with Crippen LogP contribution in [0.3, 0.4) is 0 Å². The first-order chi connectivity index (χ1) is 9.99. The highest BCUT2D eigenvalue weighted by atomic mass is 32.1. The lowest BCUT2D eigenvalue weighted by Gasteiger charge is -2.04. The van der Waals surface area contributed by atoms with E-state index in [1.54, 1.807) is 18.7 Å². The van der Waals surface area contributed by atoms with Crippen LogP contribution in [-0.4, -0.2) is 35.4 Å². The zero-order valence-corrected chi connectivity index (χ0v) is 12.1. The molecule has 0 saturated carbocycles. The number of rotatable bonds is 3. The van der Waals surface area contributed by atoms with E-state index in [2.05, 4.69) is 15.1 Å². The quantitative estimate of drug-likeness (QED) is 0.761. The lowest BCUT2D eigenvalue weighted by Crippen LogP contribution is -2.22. The monoisotopic (exact) mass is 305 g/mol. The number of carbonyl (C=O) groups is 1. The van der Waals surface area contributed by atoms with Crippen molar-refractivity contribution >= 4 is 27.5 Å². The number of aromatic nitrogens is 5. The molecule has 3 heterocycles. The molecule has 0 aliphatic carbocycles. The van der Waals surface area contributed by atoms with E-state index in [0.29, 0.717) is 21.6 Å². The molecule has 9 heteroatoms. The minimum absolute atomic E-state index is 0.144. The molecule has 108 valence electrons. The Labute approximate surface area is 122 Å². The van der Waals surface area contributed by atoms with E-state index >= 15 is 0 Å². The lowest BCUT2D eigenvalue weighted by molar-refractivity contribution is 0.0701. The SMILES string of the molecule is Cc1c(C(=O)O)sc2ncn(Cc3ncnn3C)c(=O)c12. The van der Waals surface area contributed by atoms with Gasteiger partial charge in [0.2, 0.25) is 0 Å². The van der Waals surface area contributed by atoms with Gasteiger partial charge in [-0.1, -0.05) is 0 Å². The van der Waals surface area contributed by atoms with Gasteiger partial charge in [-0.2, -0.15) is 5.10 Å². The molecule has 0 aliphatic heterocycles. The van der Waals surface area contributed by atoms with Gasteiger partial charge in [0.25, 0.3) is 5.56 Å². The Hall–Kier alpha value is -2.55. The molecule has 0 aliphatic rings. The highest BCUT2D eigenvalue weighted by molar-refractivity contribution is 7.20. The van der Waals surface area contributed by atoms with Crippen LogP contribution in [0.5, 0.6) is 0 Å². The Morgan fingerprint density at radius 2 is 2.19 bits per heavy atom. The molecule has 3 aromatic heterocycles. The molecular formula is C12H11N5O3S. The number of fused-ring (bicyclic) bond motifs is 1. The molecule has 3 rings (SSSR count). The first kappa shape index (κ1) is 13.4. The molecule has 8 nitrogen and oxygen atoms in total. The molecule has 0 aromatic carbocycles. The number of aromatic carboxylic acids is 1. The summed E-state index contributed by atoms with van der Waals surface area (Å²) in [4.78, 5) is 32.5. The lowest BCUT2D eigenvalue weighted by atomic mass is 10.2. The Kier molecular flexibility index (Phi) is 3.05. The van der Waals surface area contributed by atoms with Crippen LogP contribution >= 0.6 is 11.3 Å². The molecule has 0 saturated heterocycles. The minimum atomic E-state index is -1.05. The van der Waals surface area contributed by atoms with E-state index in [9.17, 15) is 9.59 Å². The van der Waals surface area contributed by atoms with E-state index in [1.807, 2.05) is 0 Å². The van der Waals surface area contributed by atoms with Crippen LogP contribution in [0, 0.1) is 6.92 Å². The average molecular weight is 305 g/mol. The third kappa shape index (κ3) is 2.11. The van der Waals surface area contributed by atoms with Crippen molar-refractivity contribution < 1.29 is 9.90 Å². The minimum Gasteiger partial charge on any atom is -0.477 e. The summed E-state index contributed by atoms with van der Waals surface area (Å²) in [5, 5.41) is 13.4. The van der Waals surface area contributed by atoms with Crippen molar-refractivity contribution in [2.45, 2.75) is 13.5 Å². The van der Waals surface area contributed by atoms with Crippen molar-refractivity contribution in [2.24, 2.45) is 7.05 Å². The van der Waals surface area contributed by atoms with Crippen LogP contribution in [0.2, 0.25) is 0 Å². The van der Waals surface area contributed by atoms with Gasteiger partial charge in [-0.15, -0.1) is 11.3 Å². The van der Waals surface area contributed by atoms with Gasteiger partial charge in [-0.25, -0.2) is 14.8 Å². The van der Waals surface area contributed by atoms with E-state index in [1.165, 1.54) is 17.2 Å². The van der Waals surface area contributed by atoms with Gasteiger partial charge in [-0.05, 0) is 12.5 Å². The molecular weight excluding hydrogens is 294 g/mol. The second kappa shape index (κ2) is 4.77. The van der Waals surface area contributed by atoms with Crippen molar-refractivity contribution in [1.29, 1.82) is 0 Å². The number of carboxylic acids is 1. The van der Waals surface area contributed by atoms with Gasteiger partial charge >= 0.3 is 5.97 Å². The summed E-state index contributed by atoms with van der Waals surface area (Å²) in [6.45, 7) is 1.86. The Bertz CT molecular complexity index is 907. The van der Waals surface area contributed by atoms with Crippen molar-refractivity contribution in [3.8, 4) is 0 Å². The third-order valence-corrected chi connectivity index (χ3v) is 4.42. The van der Waals surface area contributed by atoms with Crippen LogP contribution in [0.25, 0.3) is 10.2 Å². The molecule has 0 spiro atoms. The molecule has 0 amide bonds. The van der Waals surface area contributed by atoms with E-state index in [-0.39, 0.29) is 17.0 Å². The normalized spacial score (nSPS) is 11.1. The second-order valence-electron chi connectivity index (χ2n) is 4.52. The Morgan fingerprint density at radius 1 is 1.43 bits per heavy atom. The van der Waals surface area contributed by atoms with E-state index in [4.69, 9.17) is 5.11 Å². The number of aryl methyl sites for hydroxylation is 2. The summed E-state index contributed by atoms with van der Waals surface area (Å²) in [5.74, 6) is -0.431. The number of nitrogens with zero attached hydrogens (tertiary/aromatic N) is 5. The topological polar surface area (TPSA) is 103 Å². The fourth-order valence-corrected chi connectivity index (χ4v) is 3.07. The van der Waals surface area contributed by atoms with Gasteiger partial charge in [0.15, 0.2) is 0 Å². The van der Waals surface area contributed by atoms with Crippen molar-refractivity contribution in [3.63, 3.8) is 0 Å². The van der Waals surface area contributed by atoms with E-state index < -0.39 is 5.97 Å². The van der Waals surface area contributed by atoms with Gasteiger partial charge < -0.3 is 5.11 Å². The molecule has 0 bridgehead atoms. The number of hydrogen-bond donors (Lipinski definition) is 1. The highest BCUT2D eigenvalue weighted by Gasteiger charge is 2.19. The van der Waals surface area contributed by atoms with Crippen molar-refractivity contribution in [2.75, 3.05) is 0 Å². The number of carboxylic acid groups (broad SMARTS) is 1. The van der Waals surface area contributed by atoms with Crippen LogP contribution in [0.15, 0.2) is 17.4 Å². The summed E-state index contributed by atoms with van der Waals surface area (Å²) in [6, 6.07) is 0. The molecule has 0 radical (unpaired) electrons. The third-order valence-electron chi connectivity index (χ3n) is 3.23. The van der Waals surface area contributed by atoms with Crippen LogP contribution in [-0.2, 0) is 13.6 Å². The maximum absolute atomic E-state index is 12.5. The molecule has 0 fully saturated rings. The maximum atomic E-state index is 12.5. The molecule has 1 N–H and O–H groups in total. The van der Waals surface area contributed by atoms with Crippen LogP contribution < -0.4 is 5.56 Å². The Balaban J connectivity index is 2.16. The first-order valence-corrected chi connectivity index (χ1v) is 6.85. The smallest absolute Gasteiger partial charge is 0.346 e. The van der Waals surface area contributed by atoms with Gasteiger partial charge in [0.1, 0.15) is 21.9 Å². The van der Waals surface area contributed by atoms with Crippen molar-refractivity contribution in [1.82, 2.24) is 24.3 Å². The summed E-state index contributed by atoms with van der Waals surface area (Å²) in [6.07, 6.45) is 2.81. The zero-order valence-electron chi connectivity index (χ0n) is 11.3. The molecule has 0 atom stereocenters. The first-order valence-electron chi connectivity index (χ1n) is 6.03. The van der Waals surface area contributed by atoms with Gasteiger partial charge in [0, 0.05) is 7.05 Å². The summed E-state index contributed by atoms with van der Waals surface area (Å²) in [5.41, 5.74) is 0.177. The van der Waals surface area contributed by atoms with Crippen LogP contribution in [0.4, 0.5) is 0 Å². The number of thiophene rings is 1. The molecule has 3 aromatic rings. The van der Waals surface area contributed by atoms with Crippen molar-refractivity contribution in [3.05, 3.63) is 39.3 Å². The standard InChI is InChI=1S/C12H11N5O3S/c1-6-8-10(21-9(6)12(19)20)14-5-17(11(8)18)3-7-13-4-15-16(7)2/h4-5H,3H2,1-2H3,(H,19,20). The second-order valence-corrected chi connectivity index (χ2v) is 5.52.